The van der Waals surface area contributed by atoms with Crippen molar-refractivity contribution in [2.45, 2.75) is 16.3 Å². The second-order valence-electron chi connectivity index (χ2n) is 6.73. The standard InChI is InChI=1S/C20H20ClN3O4S/c21-15-5-7-16(8-6-15)29(26,27)19-13-23(18-4-2-1-3-17(18)19)14-20(25)22-24-9-11-28-12-10-24/h1-8,13H,9-12,14H2,(H,22,25). The van der Waals surface area contributed by atoms with Crippen LogP contribution in [0.15, 0.2) is 64.5 Å². The number of morpholine rings is 1. The van der Waals surface area contributed by atoms with E-state index >= 15 is 0 Å². The number of rotatable bonds is 5. The molecule has 1 aliphatic rings. The number of sulfone groups is 1. The van der Waals surface area contributed by atoms with Crippen LogP contribution in [0.1, 0.15) is 0 Å². The van der Waals surface area contributed by atoms with Crippen molar-refractivity contribution in [2.24, 2.45) is 0 Å². The number of nitrogens with zero attached hydrogens (tertiary/aromatic N) is 2. The molecule has 1 amide bonds. The van der Waals surface area contributed by atoms with Crippen molar-refractivity contribution in [1.82, 2.24) is 15.0 Å². The van der Waals surface area contributed by atoms with Gasteiger partial charge in [0.25, 0.3) is 5.91 Å². The number of carbonyl (C=O) groups is 1. The number of hydrogen-bond donors (Lipinski definition) is 1. The van der Waals surface area contributed by atoms with Crippen molar-refractivity contribution in [3.8, 4) is 0 Å². The van der Waals surface area contributed by atoms with Gasteiger partial charge in [-0.3, -0.25) is 10.2 Å². The molecule has 0 radical (unpaired) electrons. The lowest BCUT2D eigenvalue weighted by Gasteiger charge is -2.27. The number of halogens is 1. The molecule has 9 heteroatoms. The van der Waals surface area contributed by atoms with Crippen LogP contribution in [0.25, 0.3) is 10.9 Å². The molecular weight excluding hydrogens is 414 g/mol. The molecule has 1 fully saturated rings. The molecule has 152 valence electrons. The van der Waals surface area contributed by atoms with E-state index in [1.165, 1.54) is 18.3 Å². The van der Waals surface area contributed by atoms with Crippen LogP contribution in [-0.2, 0) is 25.9 Å². The molecule has 1 aromatic heterocycles. The smallest absolute Gasteiger partial charge is 0.254 e. The number of hydrogen-bond acceptors (Lipinski definition) is 5. The molecular formula is C20H20ClN3O4S. The van der Waals surface area contributed by atoms with E-state index in [0.717, 1.165) is 0 Å². The Kier molecular flexibility index (Phi) is 5.60. The SMILES string of the molecule is O=C(Cn1cc(S(=O)(=O)c2ccc(Cl)cc2)c2ccccc21)NN1CCOCC1. The summed E-state index contributed by atoms with van der Waals surface area (Å²) in [5.41, 5.74) is 3.53. The van der Waals surface area contributed by atoms with Crippen LogP contribution in [0.4, 0.5) is 0 Å². The first-order valence-electron chi connectivity index (χ1n) is 9.16. The predicted molar refractivity (Wildman–Crippen MR) is 109 cm³/mol. The van der Waals surface area contributed by atoms with Gasteiger partial charge in [-0.15, -0.1) is 0 Å². The number of hydrazine groups is 1. The summed E-state index contributed by atoms with van der Waals surface area (Å²) in [6.45, 7) is 2.38. The Bertz CT molecular complexity index is 1140. The lowest BCUT2D eigenvalue weighted by molar-refractivity contribution is -0.128. The highest BCUT2D eigenvalue weighted by Crippen LogP contribution is 2.30. The van der Waals surface area contributed by atoms with Gasteiger partial charge in [0, 0.05) is 35.2 Å². The van der Waals surface area contributed by atoms with Gasteiger partial charge >= 0.3 is 0 Å². The summed E-state index contributed by atoms with van der Waals surface area (Å²) in [6, 6.07) is 13.2. The van der Waals surface area contributed by atoms with Crippen molar-refractivity contribution in [3.05, 3.63) is 59.8 Å². The largest absolute Gasteiger partial charge is 0.379 e. The van der Waals surface area contributed by atoms with Gasteiger partial charge in [-0.25, -0.2) is 13.4 Å². The maximum Gasteiger partial charge on any atom is 0.254 e. The van der Waals surface area contributed by atoms with Crippen molar-refractivity contribution < 1.29 is 17.9 Å². The Labute approximate surface area is 173 Å². The molecule has 2 aromatic carbocycles. The highest BCUT2D eigenvalue weighted by atomic mass is 35.5. The van der Waals surface area contributed by atoms with E-state index < -0.39 is 9.84 Å². The highest BCUT2D eigenvalue weighted by Gasteiger charge is 2.24. The molecule has 0 spiro atoms. The Hall–Kier alpha value is -2.39. The Morgan fingerprint density at radius 2 is 1.76 bits per heavy atom. The monoisotopic (exact) mass is 433 g/mol. The fourth-order valence-electron chi connectivity index (χ4n) is 3.34. The maximum atomic E-state index is 13.2. The summed E-state index contributed by atoms with van der Waals surface area (Å²) < 4.78 is 33.3. The molecule has 0 aliphatic carbocycles. The minimum absolute atomic E-state index is 0.00794. The van der Waals surface area contributed by atoms with Crippen molar-refractivity contribution >= 4 is 38.2 Å². The summed E-state index contributed by atoms with van der Waals surface area (Å²) in [5, 5.41) is 2.84. The molecule has 3 aromatic rings. The number of aromatic nitrogens is 1. The molecule has 2 heterocycles. The third-order valence-corrected chi connectivity index (χ3v) is 6.82. The van der Waals surface area contributed by atoms with Gasteiger partial charge in [-0.2, -0.15) is 0 Å². The molecule has 4 rings (SSSR count). The molecule has 1 N–H and O–H groups in total. The fraction of sp³-hybridized carbons (Fsp3) is 0.250. The van der Waals surface area contributed by atoms with Crippen LogP contribution in [0.2, 0.25) is 5.02 Å². The third-order valence-electron chi connectivity index (χ3n) is 4.77. The van der Waals surface area contributed by atoms with E-state index in [2.05, 4.69) is 5.43 Å². The number of para-hydroxylation sites is 1. The van der Waals surface area contributed by atoms with Crippen LogP contribution in [0, 0.1) is 0 Å². The Balaban J connectivity index is 1.66. The van der Waals surface area contributed by atoms with Crippen LogP contribution in [0.5, 0.6) is 0 Å². The molecule has 7 nitrogen and oxygen atoms in total. The fourth-order valence-corrected chi connectivity index (χ4v) is 4.94. The molecule has 1 aliphatic heterocycles. The third kappa shape index (κ3) is 4.16. The molecule has 1 saturated heterocycles. The van der Waals surface area contributed by atoms with E-state index in [-0.39, 0.29) is 22.2 Å². The first-order valence-corrected chi connectivity index (χ1v) is 11.0. The van der Waals surface area contributed by atoms with Gasteiger partial charge in [-0.05, 0) is 30.3 Å². The zero-order chi connectivity index (χ0) is 20.4. The minimum Gasteiger partial charge on any atom is -0.379 e. The van der Waals surface area contributed by atoms with Crippen LogP contribution in [-0.4, -0.2) is 50.2 Å². The van der Waals surface area contributed by atoms with Crippen LogP contribution < -0.4 is 5.43 Å². The Morgan fingerprint density at radius 1 is 1.07 bits per heavy atom. The van der Waals surface area contributed by atoms with Gasteiger partial charge in [0.05, 0.1) is 23.0 Å². The summed E-state index contributed by atoms with van der Waals surface area (Å²) in [6.07, 6.45) is 1.52. The van der Waals surface area contributed by atoms with E-state index in [1.54, 1.807) is 34.9 Å². The molecule has 0 bridgehead atoms. The molecule has 0 atom stereocenters. The van der Waals surface area contributed by atoms with Gasteiger partial charge < -0.3 is 9.30 Å². The van der Waals surface area contributed by atoms with Gasteiger partial charge in [-0.1, -0.05) is 29.8 Å². The van der Waals surface area contributed by atoms with Crippen molar-refractivity contribution in [3.63, 3.8) is 0 Å². The molecule has 29 heavy (non-hydrogen) atoms. The van der Waals surface area contributed by atoms with E-state index in [9.17, 15) is 13.2 Å². The Morgan fingerprint density at radius 3 is 2.48 bits per heavy atom. The van der Waals surface area contributed by atoms with E-state index in [4.69, 9.17) is 16.3 Å². The summed E-state index contributed by atoms with van der Waals surface area (Å²) >= 11 is 5.89. The van der Waals surface area contributed by atoms with Crippen LogP contribution >= 0.6 is 11.6 Å². The van der Waals surface area contributed by atoms with Gasteiger partial charge in [0.15, 0.2) is 0 Å². The number of ether oxygens (including phenoxy) is 1. The summed E-state index contributed by atoms with van der Waals surface area (Å²) in [4.78, 5) is 12.8. The molecule has 0 unspecified atom stereocenters. The highest BCUT2D eigenvalue weighted by molar-refractivity contribution is 7.91. The number of benzene rings is 2. The van der Waals surface area contributed by atoms with E-state index in [0.29, 0.717) is 42.2 Å². The number of fused-ring (bicyclic) bond motifs is 1. The second kappa shape index (κ2) is 8.16. The summed E-state index contributed by atoms with van der Waals surface area (Å²) in [5.74, 6) is -0.219. The lowest BCUT2D eigenvalue weighted by Crippen LogP contribution is -2.49. The topological polar surface area (TPSA) is 80.6 Å². The first-order chi connectivity index (χ1) is 13.9. The molecule has 0 saturated carbocycles. The quantitative estimate of drug-likeness (QED) is 0.668. The van der Waals surface area contributed by atoms with Crippen molar-refractivity contribution in [1.29, 1.82) is 0 Å². The van der Waals surface area contributed by atoms with Gasteiger partial charge in [0.2, 0.25) is 9.84 Å². The zero-order valence-electron chi connectivity index (χ0n) is 15.5. The normalized spacial score (nSPS) is 15.5. The van der Waals surface area contributed by atoms with Crippen LogP contribution in [0.3, 0.4) is 0 Å². The predicted octanol–water partition coefficient (Wildman–Crippen LogP) is 2.49. The zero-order valence-corrected chi connectivity index (χ0v) is 17.1. The minimum atomic E-state index is -3.76. The number of amides is 1. The van der Waals surface area contributed by atoms with E-state index in [1.807, 2.05) is 11.1 Å². The average Bonchev–Trinajstić information content (AvgIpc) is 3.08. The number of carbonyl (C=O) groups excluding carboxylic acids is 1. The summed E-state index contributed by atoms with van der Waals surface area (Å²) in [7, 11) is -3.76. The maximum absolute atomic E-state index is 13.2. The van der Waals surface area contributed by atoms with Gasteiger partial charge in [0.1, 0.15) is 6.54 Å². The average molecular weight is 434 g/mol. The van der Waals surface area contributed by atoms with Crippen molar-refractivity contribution in [2.75, 3.05) is 26.3 Å². The number of nitrogens with one attached hydrogen (secondary N) is 1. The lowest BCUT2D eigenvalue weighted by atomic mass is 10.2. The second-order valence-corrected chi connectivity index (χ2v) is 9.08. The first kappa shape index (κ1) is 19.9.